The van der Waals surface area contributed by atoms with Crippen LogP contribution in [0.5, 0.6) is 5.75 Å². The fraction of sp³-hybridized carbons (Fsp3) is 0.400. The van der Waals surface area contributed by atoms with E-state index in [1.165, 1.54) is 0 Å². The highest BCUT2D eigenvalue weighted by atomic mass is 16.4. The molecule has 96 valence electrons. The Morgan fingerprint density at radius 2 is 2.22 bits per heavy atom. The lowest BCUT2D eigenvalue weighted by Crippen LogP contribution is -2.08. The highest BCUT2D eigenvalue weighted by Gasteiger charge is 2.15. The Hall–Kier alpha value is -1.77. The fourth-order valence-electron chi connectivity index (χ4n) is 2.07. The number of unbranched alkanes of at least 4 members (excludes halogenated alkanes) is 1. The molecule has 2 aromatic rings. The number of hydrogen-bond acceptors (Lipinski definition) is 3. The standard InChI is InChI=1S/C15H18O3/c1-4-5-6-11-14(16)13-10(3)7-9(2)8-12(13)18-15(11)17/h7-8,16H,4-6H2,1-3H3/i2D,3D. The average Bonchev–Trinajstić information content (AvgIpc) is 2.45. The van der Waals surface area contributed by atoms with E-state index in [-0.39, 0.29) is 30.7 Å². The molecule has 1 heterocycles. The Kier molecular flexibility index (Phi) is 2.74. The second kappa shape index (κ2) is 4.84. The van der Waals surface area contributed by atoms with Gasteiger partial charge in [0.15, 0.2) is 0 Å². The lowest BCUT2D eigenvalue weighted by molar-refractivity contribution is 0.454. The summed E-state index contributed by atoms with van der Waals surface area (Å²) < 4.78 is 20.2. The van der Waals surface area contributed by atoms with Crippen molar-refractivity contribution in [3.8, 4) is 5.75 Å². The molecule has 0 aliphatic carbocycles. The molecule has 1 aromatic heterocycles. The van der Waals surface area contributed by atoms with Crippen LogP contribution in [0.3, 0.4) is 0 Å². The van der Waals surface area contributed by atoms with Gasteiger partial charge < -0.3 is 9.52 Å². The van der Waals surface area contributed by atoms with Gasteiger partial charge in [0.25, 0.3) is 0 Å². The third-order valence-corrected chi connectivity index (χ3v) is 3.00. The summed E-state index contributed by atoms with van der Waals surface area (Å²) in [6.45, 7) is 2.03. The molecule has 2 rings (SSSR count). The van der Waals surface area contributed by atoms with Crippen molar-refractivity contribution < 1.29 is 12.3 Å². The average molecular weight is 248 g/mol. The van der Waals surface area contributed by atoms with Crippen molar-refractivity contribution >= 4 is 11.0 Å². The molecule has 3 nitrogen and oxygen atoms in total. The minimum Gasteiger partial charge on any atom is -0.507 e. The maximum atomic E-state index is 11.9. The SMILES string of the molecule is [2H]Cc1cc(C[2H])c2c(O)c(CCCC)c(=O)oc2c1. The first-order chi connectivity index (χ1) is 9.62. The van der Waals surface area contributed by atoms with Crippen LogP contribution >= 0.6 is 0 Å². The van der Waals surface area contributed by atoms with E-state index in [4.69, 9.17) is 7.16 Å². The van der Waals surface area contributed by atoms with Crippen molar-refractivity contribution in [2.45, 2.75) is 40.0 Å². The molecule has 0 aliphatic heterocycles. The molecule has 0 unspecified atom stereocenters. The third kappa shape index (κ3) is 2.13. The van der Waals surface area contributed by atoms with Crippen molar-refractivity contribution in [3.05, 3.63) is 39.2 Å². The van der Waals surface area contributed by atoms with Crippen LogP contribution in [0.4, 0.5) is 0 Å². The first kappa shape index (κ1) is 10.2. The molecule has 3 heteroatoms. The zero-order valence-corrected chi connectivity index (χ0v) is 10.5. The summed E-state index contributed by atoms with van der Waals surface area (Å²) in [6, 6.07) is 3.30. The summed E-state index contributed by atoms with van der Waals surface area (Å²) >= 11 is 0. The van der Waals surface area contributed by atoms with Crippen LogP contribution in [0.1, 0.15) is 39.2 Å². The molecular formula is C15H18O3. The number of rotatable bonds is 3. The fourth-order valence-corrected chi connectivity index (χ4v) is 2.07. The van der Waals surface area contributed by atoms with E-state index >= 15 is 0 Å². The normalized spacial score (nSPS) is 12.5. The molecule has 1 aromatic carbocycles. The Balaban J connectivity index is 2.73. The lowest BCUT2D eigenvalue weighted by atomic mass is 10.0. The largest absolute Gasteiger partial charge is 0.507 e. The highest BCUT2D eigenvalue weighted by molar-refractivity contribution is 5.87. The minimum atomic E-state index is -0.526. The van der Waals surface area contributed by atoms with Crippen LogP contribution in [0, 0.1) is 13.8 Å². The van der Waals surface area contributed by atoms with Crippen LogP contribution in [0.25, 0.3) is 11.0 Å². The molecule has 0 bridgehead atoms. The van der Waals surface area contributed by atoms with Crippen LogP contribution < -0.4 is 5.63 Å². The maximum absolute atomic E-state index is 11.9. The molecule has 0 radical (unpaired) electrons. The predicted octanol–water partition coefficient (Wildman–Crippen LogP) is 3.46. The van der Waals surface area contributed by atoms with Gasteiger partial charge in [0.05, 0.1) is 10.9 Å². The van der Waals surface area contributed by atoms with Crippen LogP contribution in [-0.4, -0.2) is 5.11 Å². The van der Waals surface area contributed by atoms with Crippen molar-refractivity contribution in [2.75, 3.05) is 0 Å². The van der Waals surface area contributed by atoms with Gasteiger partial charge in [-0.2, -0.15) is 0 Å². The number of fused-ring (bicyclic) bond motifs is 1. The molecular weight excluding hydrogens is 228 g/mol. The lowest BCUT2D eigenvalue weighted by Gasteiger charge is -2.09. The predicted molar refractivity (Wildman–Crippen MR) is 72.2 cm³/mol. The topological polar surface area (TPSA) is 50.4 Å². The van der Waals surface area contributed by atoms with E-state index in [1.54, 1.807) is 12.1 Å². The van der Waals surface area contributed by atoms with Gasteiger partial charge in [-0.3, -0.25) is 0 Å². The second-order valence-electron chi connectivity index (χ2n) is 4.45. The van der Waals surface area contributed by atoms with E-state index in [0.29, 0.717) is 22.9 Å². The highest BCUT2D eigenvalue weighted by Crippen LogP contribution is 2.30. The van der Waals surface area contributed by atoms with Gasteiger partial charge in [-0.15, -0.1) is 0 Å². The van der Waals surface area contributed by atoms with Gasteiger partial charge in [-0.1, -0.05) is 19.4 Å². The molecule has 0 aliphatic rings. The van der Waals surface area contributed by atoms with Crippen molar-refractivity contribution in [1.29, 1.82) is 0 Å². The number of aromatic hydroxyl groups is 1. The number of hydrogen-bond donors (Lipinski definition) is 1. The first-order valence-electron chi connectivity index (χ1n) is 7.42. The molecule has 18 heavy (non-hydrogen) atoms. The molecule has 0 fully saturated rings. The minimum absolute atomic E-state index is 0.0289. The van der Waals surface area contributed by atoms with Gasteiger partial charge in [-0.25, -0.2) is 4.79 Å². The Bertz CT molecular complexity index is 677. The molecule has 0 saturated heterocycles. The van der Waals surface area contributed by atoms with Crippen molar-refractivity contribution in [3.63, 3.8) is 0 Å². The molecule has 0 atom stereocenters. The third-order valence-electron chi connectivity index (χ3n) is 3.00. The van der Waals surface area contributed by atoms with E-state index in [9.17, 15) is 9.90 Å². The van der Waals surface area contributed by atoms with Gasteiger partial charge >= 0.3 is 5.63 Å². The number of benzene rings is 1. The smallest absolute Gasteiger partial charge is 0.343 e. The molecule has 0 spiro atoms. The van der Waals surface area contributed by atoms with Gasteiger partial charge in [0, 0.05) is 2.74 Å². The summed E-state index contributed by atoms with van der Waals surface area (Å²) in [5.74, 6) is -0.0662. The maximum Gasteiger partial charge on any atom is 0.343 e. The van der Waals surface area contributed by atoms with E-state index < -0.39 is 5.63 Å². The van der Waals surface area contributed by atoms with Gasteiger partial charge in [0.1, 0.15) is 11.3 Å². The summed E-state index contributed by atoms with van der Waals surface area (Å²) in [4.78, 5) is 11.9. The van der Waals surface area contributed by atoms with E-state index in [0.717, 1.165) is 12.8 Å². The number of aryl methyl sites for hydroxylation is 2. The Labute approximate surface area is 109 Å². The van der Waals surface area contributed by atoms with Gasteiger partial charge in [0.2, 0.25) is 0 Å². The monoisotopic (exact) mass is 248 g/mol. The Morgan fingerprint density at radius 1 is 1.39 bits per heavy atom. The summed E-state index contributed by atoms with van der Waals surface area (Å²) in [7, 11) is 0. The van der Waals surface area contributed by atoms with Crippen LogP contribution in [0.15, 0.2) is 21.3 Å². The summed E-state index contributed by atoms with van der Waals surface area (Å²) in [6.07, 6.45) is 2.18. The zero-order valence-electron chi connectivity index (χ0n) is 12.5. The van der Waals surface area contributed by atoms with Crippen molar-refractivity contribution in [1.82, 2.24) is 0 Å². The summed E-state index contributed by atoms with van der Waals surface area (Å²) in [5.41, 5.74) is 1.28. The van der Waals surface area contributed by atoms with Crippen LogP contribution in [-0.2, 0) is 6.42 Å². The van der Waals surface area contributed by atoms with E-state index in [2.05, 4.69) is 0 Å². The molecule has 1 N–H and O–H groups in total. The van der Waals surface area contributed by atoms with Crippen molar-refractivity contribution in [2.24, 2.45) is 0 Å². The molecule has 0 saturated carbocycles. The molecule has 0 amide bonds. The second-order valence-corrected chi connectivity index (χ2v) is 4.45. The quantitative estimate of drug-likeness (QED) is 0.846. The van der Waals surface area contributed by atoms with Gasteiger partial charge in [-0.05, 0) is 43.8 Å². The Morgan fingerprint density at radius 3 is 2.89 bits per heavy atom. The summed E-state index contributed by atoms with van der Waals surface area (Å²) in [5, 5.41) is 10.8. The first-order valence-corrected chi connectivity index (χ1v) is 6.01. The van der Waals surface area contributed by atoms with E-state index in [1.807, 2.05) is 6.92 Å². The van der Waals surface area contributed by atoms with Crippen LogP contribution in [0.2, 0.25) is 0 Å². The zero-order chi connectivity index (χ0) is 14.7.